The van der Waals surface area contributed by atoms with Gasteiger partial charge in [0.05, 0.1) is 30.9 Å². The zero-order valence-corrected chi connectivity index (χ0v) is 13.2. The van der Waals surface area contributed by atoms with Gasteiger partial charge in [-0.3, -0.25) is 4.79 Å². The normalized spacial score (nSPS) is 21.6. The molecular weight excluding hydrogens is 294 g/mol. The number of nitrogens with zero attached hydrogens (tertiary/aromatic N) is 1. The van der Waals surface area contributed by atoms with Gasteiger partial charge in [-0.05, 0) is 24.6 Å². The third-order valence-corrected chi connectivity index (χ3v) is 4.04. The number of hydrogen-bond acceptors (Lipinski definition) is 4. The molecule has 1 amide bonds. The molecule has 6 heteroatoms. The van der Waals surface area contributed by atoms with E-state index in [1.54, 1.807) is 37.3 Å². The van der Waals surface area contributed by atoms with E-state index in [1.165, 1.54) is 7.11 Å². The average Bonchev–Trinajstić information content (AvgIpc) is 2.90. The van der Waals surface area contributed by atoms with E-state index in [1.807, 2.05) is 0 Å². The highest BCUT2D eigenvalue weighted by Gasteiger charge is 2.35. The second kappa shape index (κ2) is 7.11. The summed E-state index contributed by atoms with van der Waals surface area (Å²) in [6, 6.07) is 5.06. The number of halogens is 1. The number of rotatable bonds is 5. The van der Waals surface area contributed by atoms with E-state index in [0.29, 0.717) is 29.5 Å². The van der Waals surface area contributed by atoms with Crippen molar-refractivity contribution in [1.29, 1.82) is 0 Å². The van der Waals surface area contributed by atoms with Crippen molar-refractivity contribution < 1.29 is 19.0 Å². The Hall–Kier alpha value is -1.30. The van der Waals surface area contributed by atoms with Crippen LogP contribution in [0, 0.1) is 0 Å². The summed E-state index contributed by atoms with van der Waals surface area (Å²) in [6.07, 6.45) is 0.823. The first-order chi connectivity index (χ1) is 10.1. The number of benzene rings is 1. The smallest absolute Gasteiger partial charge is 0.254 e. The molecule has 0 aromatic heterocycles. The summed E-state index contributed by atoms with van der Waals surface area (Å²) in [4.78, 5) is 14.5. The van der Waals surface area contributed by atoms with Gasteiger partial charge in [0.15, 0.2) is 0 Å². The standard InChI is InChI=1S/C15H20ClNO4/c1-19-9-11-7-12(20-2)8-17(11)15(18)10-4-5-13(16)14(6-10)21-3/h4-6,11-12H,7-9H2,1-3H3/t11-,12+/m0/s1. The van der Waals surface area contributed by atoms with E-state index < -0.39 is 0 Å². The molecule has 0 spiro atoms. The summed E-state index contributed by atoms with van der Waals surface area (Å²) in [5, 5.41) is 0.485. The minimum atomic E-state index is -0.0634. The van der Waals surface area contributed by atoms with Gasteiger partial charge in [-0.15, -0.1) is 0 Å². The minimum absolute atomic E-state index is 0.0223. The Balaban J connectivity index is 2.21. The fourth-order valence-electron chi connectivity index (χ4n) is 2.60. The lowest BCUT2D eigenvalue weighted by Gasteiger charge is -2.24. The lowest BCUT2D eigenvalue weighted by atomic mass is 10.1. The van der Waals surface area contributed by atoms with Crippen molar-refractivity contribution in [2.75, 3.05) is 34.5 Å². The third-order valence-electron chi connectivity index (χ3n) is 3.73. The molecular formula is C15H20ClNO4. The number of hydrogen-bond donors (Lipinski definition) is 0. The van der Waals surface area contributed by atoms with Crippen LogP contribution in [0.5, 0.6) is 5.75 Å². The van der Waals surface area contributed by atoms with Gasteiger partial charge in [0.25, 0.3) is 5.91 Å². The van der Waals surface area contributed by atoms with Gasteiger partial charge in [-0.25, -0.2) is 0 Å². The van der Waals surface area contributed by atoms with Crippen molar-refractivity contribution in [2.24, 2.45) is 0 Å². The van der Waals surface area contributed by atoms with Crippen LogP contribution in [-0.2, 0) is 9.47 Å². The molecule has 1 aliphatic heterocycles. The molecule has 0 unspecified atom stereocenters. The van der Waals surface area contributed by atoms with Crippen LogP contribution in [0.2, 0.25) is 5.02 Å². The molecule has 116 valence electrons. The number of amides is 1. The third kappa shape index (κ3) is 3.48. The molecule has 1 saturated heterocycles. The van der Waals surface area contributed by atoms with Crippen LogP contribution >= 0.6 is 11.6 Å². The second-order valence-corrected chi connectivity index (χ2v) is 5.42. The maximum atomic E-state index is 12.7. The Kier molecular flexibility index (Phi) is 5.45. The van der Waals surface area contributed by atoms with Gasteiger partial charge >= 0.3 is 0 Å². The predicted octanol–water partition coefficient (Wildman–Crippen LogP) is 2.22. The molecule has 2 rings (SSSR count). The minimum Gasteiger partial charge on any atom is -0.495 e. The van der Waals surface area contributed by atoms with Crippen LogP contribution in [0.1, 0.15) is 16.8 Å². The Labute approximate surface area is 129 Å². The summed E-state index contributed by atoms with van der Waals surface area (Å²) in [5.41, 5.74) is 0.550. The van der Waals surface area contributed by atoms with E-state index in [-0.39, 0.29) is 18.1 Å². The molecule has 0 bridgehead atoms. The fourth-order valence-corrected chi connectivity index (χ4v) is 2.80. The second-order valence-electron chi connectivity index (χ2n) is 5.01. The Morgan fingerprint density at radius 3 is 2.76 bits per heavy atom. The van der Waals surface area contributed by atoms with E-state index >= 15 is 0 Å². The van der Waals surface area contributed by atoms with Crippen LogP contribution in [0.3, 0.4) is 0 Å². The lowest BCUT2D eigenvalue weighted by molar-refractivity contribution is 0.0612. The van der Waals surface area contributed by atoms with Crippen molar-refractivity contribution in [2.45, 2.75) is 18.6 Å². The van der Waals surface area contributed by atoms with Crippen molar-refractivity contribution in [3.8, 4) is 5.75 Å². The number of methoxy groups -OCH3 is 3. The highest BCUT2D eigenvalue weighted by Crippen LogP contribution is 2.28. The molecule has 0 N–H and O–H groups in total. The summed E-state index contributed by atoms with van der Waals surface area (Å²) >= 11 is 5.99. The van der Waals surface area contributed by atoms with Crippen molar-refractivity contribution in [3.63, 3.8) is 0 Å². The van der Waals surface area contributed by atoms with Gasteiger partial charge in [-0.2, -0.15) is 0 Å². The molecule has 0 aliphatic carbocycles. The van der Waals surface area contributed by atoms with Crippen LogP contribution < -0.4 is 4.74 Å². The highest BCUT2D eigenvalue weighted by atomic mass is 35.5. The van der Waals surface area contributed by atoms with Gasteiger partial charge in [-0.1, -0.05) is 11.6 Å². The summed E-state index contributed by atoms with van der Waals surface area (Å²) < 4.78 is 15.7. The monoisotopic (exact) mass is 313 g/mol. The topological polar surface area (TPSA) is 48.0 Å². The molecule has 1 aromatic rings. The maximum Gasteiger partial charge on any atom is 0.254 e. The maximum absolute atomic E-state index is 12.7. The zero-order valence-electron chi connectivity index (χ0n) is 12.5. The molecule has 1 aromatic carbocycles. The number of carbonyl (C=O) groups is 1. The Morgan fingerprint density at radius 2 is 2.14 bits per heavy atom. The molecule has 21 heavy (non-hydrogen) atoms. The van der Waals surface area contributed by atoms with Gasteiger partial charge < -0.3 is 19.1 Å². The van der Waals surface area contributed by atoms with Crippen molar-refractivity contribution >= 4 is 17.5 Å². The largest absolute Gasteiger partial charge is 0.495 e. The number of likely N-dealkylation sites (tertiary alicyclic amines) is 1. The van der Waals surface area contributed by atoms with E-state index in [0.717, 1.165) is 6.42 Å². The predicted molar refractivity (Wildman–Crippen MR) is 80.1 cm³/mol. The molecule has 2 atom stereocenters. The Morgan fingerprint density at radius 1 is 1.38 bits per heavy atom. The van der Waals surface area contributed by atoms with Gasteiger partial charge in [0.1, 0.15) is 5.75 Å². The van der Waals surface area contributed by atoms with Crippen LogP contribution in [0.25, 0.3) is 0 Å². The molecule has 1 heterocycles. The summed E-state index contributed by atoms with van der Waals surface area (Å²) in [6.45, 7) is 1.06. The SMILES string of the molecule is COC[C@@H]1C[C@@H](OC)CN1C(=O)c1ccc(Cl)c(OC)c1. The lowest BCUT2D eigenvalue weighted by Crippen LogP contribution is -2.38. The van der Waals surface area contributed by atoms with Gasteiger partial charge in [0.2, 0.25) is 0 Å². The molecule has 5 nitrogen and oxygen atoms in total. The van der Waals surface area contributed by atoms with Gasteiger partial charge in [0, 0.05) is 26.3 Å². The quantitative estimate of drug-likeness (QED) is 0.836. The van der Waals surface area contributed by atoms with Crippen LogP contribution in [0.15, 0.2) is 18.2 Å². The molecule has 1 fully saturated rings. The van der Waals surface area contributed by atoms with E-state index in [2.05, 4.69) is 0 Å². The zero-order chi connectivity index (χ0) is 15.4. The van der Waals surface area contributed by atoms with E-state index in [4.69, 9.17) is 25.8 Å². The fraction of sp³-hybridized carbons (Fsp3) is 0.533. The first-order valence-corrected chi connectivity index (χ1v) is 7.14. The molecule has 0 saturated carbocycles. The first kappa shape index (κ1) is 16.1. The Bertz CT molecular complexity index is 508. The van der Waals surface area contributed by atoms with Crippen molar-refractivity contribution in [3.05, 3.63) is 28.8 Å². The average molecular weight is 314 g/mol. The summed E-state index contributed by atoms with van der Waals surface area (Å²) in [5.74, 6) is 0.430. The van der Waals surface area contributed by atoms with Crippen LogP contribution in [-0.4, -0.2) is 57.4 Å². The molecule has 1 aliphatic rings. The van der Waals surface area contributed by atoms with E-state index in [9.17, 15) is 4.79 Å². The highest BCUT2D eigenvalue weighted by molar-refractivity contribution is 6.32. The number of carbonyl (C=O) groups excluding carboxylic acids is 1. The van der Waals surface area contributed by atoms with Crippen LogP contribution in [0.4, 0.5) is 0 Å². The van der Waals surface area contributed by atoms with Crippen molar-refractivity contribution in [1.82, 2.24) is 4.90 Å². The first-order valence-electron chi connectivity index (χ1n) is 6.77. The number of ether oxygens (including phenoxy) is 3. The molecule has 0 radical (unpaired) electrons. The summed E-state index contributed by atoms with van der Waals surface area (Å²) in [7, 11) is 4.82.